The zero-order valence-electron chi connectivity index (χ0n) is 13.9. The zero-order valence-corrected chi connectivity index (χ0v) is 13.9. The first kappa shape index (κ1) is 15.7. The summed E-state index contributed by atoms with van der Waals surface area (Å²) in [5.74, 6) is 1.15. The monoisotopic (exact) mass is 321 g/mol. The number of rotatable bonds is 3. The number of benzene rings is 1. The van der Waals surface area contributed by atoms with Crippen LogP contribution in [0.1, 0.15) is 18.2 Å². The highest BCUT2D eigenvalue weighted by atomic mass is 16.3. The van der Waals surface area contributed by atoms with Crippen LogP contribution >= 0.6 is 0 Å². The molecule has 2 aromatic heterocycles. The Morgan fingerprint density at radius 3 is 2.71 bits per heavy atom. The number of nitrogens with two attached hydrogens (primary N) is 1. The third kappa shape index (κ3) is 2.86. The van der Waals surface area contributed by atoms with Gasteiger partial charge in [0.1, 0.15) is 23.5 Å². The number of allylic oxidation sites excluding steroid dienone is 1. The van der Waals surface area contributed by atoms with E-state index in [0.717, 1.165) is 17.0 Å². The molecule has 3 rings (SSSR count). The van der Waals surface area contributed by atoms with Crippen molar-refractivity contribution in [2.24, 2.45) is 15.7 Å². The Hall–Kier alpha value is -3.15. The number of amidine groups is 1. The lowest BCUT2D eigenvalue weighted by atomic mass is 10.1. The maximum atomic E-state index is 5.63. The Bertz CT molecular complexity index is 942. The molecule has 0 aliphatic heterocycles. The van der Waals surface area contributed by atoms with Gasteiger partial charge in [-0.3, -0.25) is 9.39 Å². The quantitative estimate of drug-likeness (QED) is 0.594. The first-order chi connectivity index (χ1) is 11.6. The number of aliphatic imine (C=N–C) groups is 2. The van der Waals surface area contributed by atoms with Gasteiger partial charge >= 0.3 is 5.84 Å². The normalized spacial score (nSPS) is 13.3. The Kier molecular flexibility index (Phi) is 4.29. The number of hydrogen-bond acceptors (Lipinski definition) is 4. The fourth-order valence-electron chi connectivity index (χ4n) is 2.43. The van der Waals surface area contributed by atoms with Crippen molar-refractivity contribution < 1.29 is 4.42 Å². The van der Waals surface area contributed by atoms with Crippen LogP contribution in [0.2, 0.25) is 0 Å². The van der Waals surface area contributed by atoms with E-state index < -0.39 is 0 Å². The van der Waals surface area contributed by atoms with Crippen LogP contribution in [0.3, 0.4) is 0 Å². The third-order valence-electron chi connectivity index (χ3n) is 3.69. The van der Waals surface area contributed by atoms with Gasteiger partial charge in [-0.15, -0.1) is 0 Å². The van der Waals surface area contributed by atoms with E-state index in [1.165, 1.54) is 11.8 Å². The Morgan fingerprint density at radius 1 is 1.29 bits per heavy atom. The first-order valence-electron chi connectivity index (χ1n) is 7.57. The smallest absolute Gasteiger partial charge is 0.306 e. The number of oxazole rings is 1. The third-order valence-corrected chi connectivity index (χ3v) is 3.69. The average Bonchev–Trinajstić information content (AvgIpc) is 3.15. The summed E-state index contributed by atoms with van der Waals surface area (Å²) in [5, 5.41) is 0. The molecule has 0 bridgehead atoms. The fourth-order valence-corrected chi connectivity index (χ4v) is 2.43. The summed E-state index contributed by atoms with van der Waals surface area (Å²) in [6.07, 6.45) is 6.60. The van der Waals surface area contributed by atoms with E-state index in [0.29, 0.717) is 17.4 Å². The summed E-state index contributed by atoms with van der Waals surface area (Å²) < 4.78 is 7.31. The average molecular weight is 321 g/mol. The standard InChI is InChI=1S/C18H19N5O/c1-12-4-6-14(7-5-12)16-17(23-10-11-24-18(23)22-16)15(8-9-19)21-13(2)20-3/h4-11H,19H2,1-3H3. The van der Waals surface area contributed by atoms with Crippen LogP contribution < -0.4 is 5.73 Å². The Morgan fingerprint density at radius 2 is 2.04 bits per heavy atom. The van der Waals surface area contributed by atoms with Gasteiger partial charge in [0.15, 0.2) is 0 Å². The van der Waals surface area contributed by atoms with E-state index in [9.17, 15) is 0 Å². The Balaban J connectivity index is 2.28. The van der Waals surface area contributed by atoms with Gasteiger partial charge < -0.3 is 10.2 Å². The van der Waals surface area contributed by atoms with Crippen LogP contribution in [-0.4, -0.2) is 28.0 Å². The second-order valence-corrected chi connectivity index (χ2v) is 5.36. The van der Waals surface area contributed by atoms with E-state index in [2.05, 4.69) is 34.0 Å². The molecule has 0 unspecified atom stereocenters. The van der Waals surface area contributed by atoms with Gasteiger partial charge in [0.2, 0.25) is 0 Å². The molecule has 3 aromatic rings. The summed E-state index contributed by atoms with van der Waals surface area (Å²) in [7, 11) is 1.70. The molecule has 0 saturated carbocycles. The molecule has 122 valence electrons. The number of nitrogens with zero attached hydrogens (tertiary/aromatic N) is 4. The summed E-state index contributed by atoms with van der Waals surface area (Å²) in [4.78, 5) is 13.3. The molecule has 0 saturated heterocycles. The molecule has 2 heterocycles. The molecule has 0 spiro atoms. The summed E-state index contributed by atoms with van der Waals surface area (Å²) in [6, 6.07) is 8.17. The van der Waals surface area contributed by atoms with Crippen LogP contribution in [0.15, 0.2) is 63.4 Å². The molecule has 6 heteroatoms. The van der Waals surface area contributed by atoms with Gasteiger partial charge in [0.25, 0.3) is 0 Å². The lowest BCUT2D eigenvalue weighted by molar-refractivity contribution is 0.596. The van der Waals surface area contributed by atoms with E-state index in [-0.39, 0.29) is 0 Å². The molecule has 0 amide bonds. The first-order valence-corrected chi connectivity index (χ1v) is 7.57. The van der Waals surface area contributed by atoms with E-state index >= 15 is 0 Å². The van der Waals surface area contributed by atoms with Crippen molar-refractivity contribution in [2.75, 3.05) is 7.05 Å². The number of hydrogen-bond donors (Lipinski definition) is 1. The number of fused-ring (bicyclic) bond motifs is 1. The fraction of sp³-hybridized carbons (Fsp3) is 0.167. The minimum absolute atomic E-state index is 0.504. The highest BCUT2D eigenvalue weighted by Crippen LogP contribution is 2.26. The van der Waals surface area contributed by atoms with E-state index in [1.54, 1.807) is 19.4 Å². The summed E-state index contributed by atoms with van der Waals surface area (Å²) in [6.45, 7) is 3.89. The predicted octanol–water partition coefficient (Wildman–Crippen LogP) is 3.21. The van der Waals surface area contributed by atoms with Gasteiger partial charge in [-0.2, -0.15) is 4.98 Å². The number of imidazole rings is 1. The van der Waals surface area contributed by atoms with Crippen LogP contribution in [0, 0.1) is 6.92 Å². The van der Waals surface area contributed by atoms with Crippen LogP contribution in [0.4, 0.5) is 0 Å². The molecular formula is C18H19N5O. The summed E-state index contributed by atoms with van der Waals surface area (Å²) in [5.41, 5.74) is 10.1. The van der Waals surface area contributed by atoms with Crippen LogP contribution in [0.5, 0.6) is 0 Å². The van der Waals surface area contributed by atoms with Gasteiger partial charge in [-0.05, 0) is 26.1 Å². The van der Waals surface area contributed by atoms with Crippen LogP contribution in [-0.2, 0) is 0 Å². The van der Waals surface area contributed by atoms with Gasteiger partial charge in [-0.1, -0.05) is 29.8 Å². The predicted molar refractivity (Wildman–Crippen MR) is 96.5 cm³/mol. The zero-order chi connectivity index (χ0) is 17.1. The SMILES string of the molecule is CN=C(C)N=C(C=CN)c1c(-c2ccc(C)cc2)nc2occn12. The molecule has 0 aliphatic carbocycles. The molecule has 0 aliphatic rings. The molecule has 24 heavy (non-hydrogen) atoms. The molecular weight excluding hydrogens is 302 g/mol. The highest BCUT2D eigenvalue weighted by molar-refractivity contribution is 6.15. The second kappa shape index (κ2) is 6.54. The highest BCUT2D eigenvalue weighted by Gasteiger charge is 2.19. The van der Waals surface area contributed by atoms with Crippen molar-refractivity contribution >= 4 is 17.4 Å². The van der Waals surface area contributed by atoms with Crippen molar-refractivity contribution in [3.63, 3.8) is 0 Å². The van der Waals surface area contributed by atoms with Crippen molar-refractivity contribution in [2.45, 2.75) is 13.8 Å². The molecule has 1 aromatic carbocycles. The molecule has 0 fully saturated rings. The maximum Gasteiger partial charge on any atom is 0.306 e. The van der Waals surface area contributed by atoms with Crippen LogP contribution in [0.25, 0.3) is 17.1 Å². The minimum Gasteiger partial charge on any atom is -0.432 e. The molecule has 2 N–H and O–H groups in total. The van der Waals surface area contributed by atoms with Crippen molar-refractivity contribution in [1.82, 2.24) is 9.38 Å². The van der Waals surface area contributed by atoms with Crippen molar-refractivity contribution in [3.05, 3.63) is 60.3 Å². The van der Waals surface area contributed by atoms with Gasteiger partial charge in [0.05, 0.1) is 5.71 Å². The number of aromatic nitrogens is 2. The van der Waals surface area contributed by atoms with Crippen molar-refractivity contribution in [1.29, 1.82) is 0 Å². The molecule has 6 nitrogen and oxygen atoms in total. The van der Waals surface area contributed by atoms with Crippen molar-refractivity contribution in [3.8, 4) is 11.3 Å². The van der Waals surface area contributed by atoms with Gasteiger partial charge in [0, 0.05) is 18.8 Å². The number of aryl methyl sites for hydroxylation is 1. The summed E-state index contributed by atoms with van der Waals surface area (Å²) >= 11 is 0. The van der Waals surface area contributed by atoms with Gasteiger partial charge in [-0.25, -0.2) is 4.99 Å². The second-order valence-electron chi connectivity index (χ2n) is 5.36. The topological polar surface area (TPSA) is 81.2 Å². The largest absolute Gasteiger partial charge is 0.432 e. The maximum absolute atomic E-state index is 5.63. The minimum atomic E-state index is 0.504. The van der Waals surface area contributed by atoms with E-state index in [4.69, 9.17) is 10.2 Å². The Labute approximate surface area is 140 Å². The molecule has 0 radical (unpaired) electrons. The lowest BCUT2D eigenvalue weighted by Gasteiger charge is -2.05. The molecule has 0 atom stereocenters. The lowest BCUT2D eigenvalue weighted by Crippen LogP contribution is -2.06. The van der Waals surface area contributed by atoms with E-state index in [1.807, 2.05) is 29.7 Å².